The monoisotopic (exact) mass is 492 g/mol. The zero-order valence-corrected chi connectivity index (χ0v) is 20.1. The maximum absolute atomic E-state index is 11.9. The van der Waals surface area contributed by atoms with Crippen molar-refractivity contribution in [2.45, 2.75) is 70.0 Å². The molecule has 1 saturated carbocycles. The number of hydrogen-bond donors (Lipinski definition) is 3. The van der Waals surface area contributed by atoms with Crippen LogP contribution in [0.15, 0.2) is 0 Å². The van der Waals surface area contributed by atoms with Gasteiger partial charge < -0.3 is 15.5 Å². The molecule has 1 aromatic rings. The Morgan fingerprint density at radius 1 is 1.09 bits per heavy atom. The molecule has 6 atom stereocenters. The first-order valence-electron chi connectivity index (χ1n) is 11.0. The van der Waals surface area contributed by atoms with Crippen LogP contribution in [-0.4, -0.2) is 79.0 Å². The lowest BCUT2D eigenvalue weighted by Crippen LogP contribution is -2.50. The summed E-state index contributed by atoms with van der Waals surface area (Å²) in [4.78, 5) is 26.9. The van der Waals surface area contributed by atoms with Gasteiger partial charge in [0.1, 0.15) is 12.1 Å². The van der Waals surface area contributed by atoms with E-state index >= 15 is 0 Å². The highest BCUT2D eigenvalue weighted by molar-refractivity contribution is 5.85. The summed E-state index contributed by atoms with van der Waals surface area (Å²) in [6.07, 6.45) is 4.26. The fraction of sp³-hybridized carbons (Fsp3) is 0.850. The summed E-state index contributed by atoms with van der Waals surface area (Å²) in [6, 6.07) is -1.08. The number of tetrazole rings is 1. The highest BCUT2D eigenvalue weighted by Crippen LogP contribution is 2.40. The van der Waals surface area contributed by atoms with Gasteiger partial charge in [0.05, 0.1) is 6.04 Å². The van der Waals surface area contributed by atoms with Crippen LogP contribution < -0.4 is 5.32 Å². The normalized spacial score (nSPS) is 32.6. The van der Waals surface area contributed by atoms with Crippen LogP contribution >= 0.6 is 24.8 Å². The van der Waals surface area contributed by atoms with Gasteiger partial charge >= 0.3 is 11.9 Å². The summed E-state index contributed by atoms with van der Waals surface area (Å²) in [5.74, 6) is 0.618. The van der Waals surface area contributed by atoms with Crippen molar-refractivity contribution in [3.63, 3.8) is 0 Å². The van der Waals surface area contributed by atoms with Gasteiger partial charge in [-0.2, -0.15) is 4.80 Å². The summed E-state index contributed by atoms with van der Waals surface area (Å²) in [5, 5.41) is 35.0. The lowest BCUT2D eigenvalue weighted by atomic mass is 9.69. The third-order valence-corrected chi connectivity index (χ3v) is 7.16. The highest BCUT2D eigenvalue weighted by atomic mass is 35.5. The van der Waals surface area contributed by atoms with Crippen molar-refractivity contribution in [1.29, 1.82) is 0 Å². The van der Waals surface area contributed by atoms with Crippen molar-refractivity contribution in [2.24, 2.45) is 17.8 Å². The van der Waals surface area contributed by atoms with Gasteiger partial charge in [-0.05, 0) is 61.6 Å². The smallest absolute Gasteiger partial charge is 0.321 e. The van der Waals surface area contributed by atoms with Crippen LogP contribution in [-0.2, 0) is 9.59 Å². The second kappa shape index (κ2) is 11.1. The zero-order chi connectivity index (χ0) is 21.4. The molecule has 1 aliphatic carbocycles. The number of aromatic nitrogens is 4. The van der Waals surface area contributed by atoms with E-state index in [0.717, 1.165) is 32.4 Å². The number of fused-ring (bicyclic) bond motifs is 1. The lowest BCUT2D eigenvalue weighted by molar-refractivity contribution is -0.143. The quantitative estimate of drug-likeness (QED) is 0.543. The number of carboxylic acid groups (broad SMARTS) is 2. The summed E-state index contributed by atoms with van der Waals surface area (Å²) < 4.78 is 0. The molecule has 0 aromatic carbocycles. The Kier molecular flexibility index (Phi) is 9.27. The standard InChI is InChI=1S/C20H32N6O4.2ClH/c1-11(2)18-22-24-26(23-18)15-7-17(20(29)30)25(10-15)9-12-3-4-13-8-21-16(19(27)28)6-14(13)5-12;;/h11-17,21H,3-10H2,1-2H3,(H,27,28)(H,29,30);2*1H/t12?,13-,14?,15-,16?,17-;;/m0../s1. The molecular weight excluding hydrogens is 459 g/mol. The minimum absolute atomic E-state index is 0. The Morgan fingerprint density at radius 2 is 1.84 bits per heavy atom. The average Bonchev–Trinajstić information content (AvgIpc) is 3.34. The molecule has 3 heterocycles. The summed E-state index contributed by atoms with van der Waals surface area (Å²) in [5.41, 5.74) is 0. The number of aliphatic carboxylic acids is 2. The van der Waals surface area contributed by atoms with Gasteiger partial charge in [0.25, 0.3) is 0 Å². The van der Waals surface area contributed by atoms with Crippen molar-refractivity contribution in [3.8, 4) is 0 Å². The first-order chi connectivity index (χ1) is 14.3. The Hall–Kier alpha value is -1.49. The number of nitrogens with one attached hydrogen (secondary N) is 1. The molecule has 4 rings (SSSR count). The molecule has 0 amide bonds. The predicted molar refractivity (Wildman–Crippen MR) is 121 cm³/mol. The van der Waals surface area contributed by atoms with Gasteiger partial charge in [-0.15, -0.1) is 35.0 Å². The predicted octanol–water partition coefficient (Wildman–Crippen LogP) is 1.82. The van der Waals surface area contributed by atoms with Crippen LogP contribution in [0.1, 0.15) is 63.7 Å². The Labute approximate surface area is 200 Å². The van der Waals surface area contributed by atoms with Gasteiger partial charge in [0.2, 0.25) is 0 Å². The summed E-state index contributed by atoms with van der Waals surface area (Å²) in [7, 11) is 0. The van der Waals surface area contributed by atoms with Gasteiger partial charge in [0, 0.05) is 19.0 Å². The second-order valence-electron chi connectivity index (χ2n) is 9.55. The van der Waals surface area contributed by atoms with Crippen molar-refractivity contribution in [3.05, 3.63) is 5.82 Å². The molecule has 0 spiro atoms. The molecule has 12 heteroatoms. The van der Waals surface area contributed by atoms with E-state index in [9.17, 15) is 19.8 Å². The fourth-order valence-corrected chi connectivity index (χ4v) is 5.47. The number of halogens is 2. The van der Waals surface area contributed by atoms with E-state index < -0.39 is 24.0 Å². The molecule has 3 fully saturated rings. The van der Waals surface area contributed by atoms with E-state index in [1.54, 1.807) is 4.80 Å². The molecule has 2 saturated heterocycles. The number of nitrogens with zero attached hydrogens (tertiary/aromatic N) is 5. The minimum atomic E-state index is -0.803. The molecule has 3 N–H and O–H groups in total. The van der Waals surface area contributed by atoms with E-state index in [-0.39, 0.29) is 36.8 Å². The maximum atomic E-state index is 11.9. The first kappa shape index (κ1) is 26.8. The van der Waals surface area contributed by atoms with E-state index in [1.807, 2.05) is 13.8 Å². The van der Waals surface area contributed by atoms with Crippen molar-refractivity contribution in [1.82, 2.24) is 30.4 Å². The van der Waals surface area contributed by atoms with Crippen LogP contribution in [0.2, 0.25) is 0 Å². The van der Waals surface area contributed by atoms with Gasteiger partial charge in [-0.1, -0.05) is 13.8 Å². The molecule has 0 bridgehead atoms. The fourth-order valence-electron chi connectivity index (χ4n) is 5.47. The number of likely N-dealkylation sites (tertiary alicyclic amines) is 1. The highest BCUT2D eigenvalue weighted by Gasteiger charge is 2.42. The number of rotatable bonds is 6. The molecule has 182 valence electrons. The second-order valence-corrected chi connectivity index (χ2v) is 9.55. The topological polar surface area (TPSA) is 133 Å². The first-order valence-corrected chi connectivity index (χ1v) is 11.0. The van der Waals surface area contributed by atoms with Crippen LogP contribution in [0.5, 0.6) is 0 Å². The van der Waals surface area contributed by atoms with Crippen molar-refractivity contribution < 1.29 is 19.8 Å². The number of carboxylic acids is 2. The van der Waals surface area contributed by atoms with Crippen LogP contribution in [0.3, 0.4) is 0 Å². The molecule has 3 aliphatic rings. The van der Waals surface area contributed by atoms with E-state index in [2.05, 4.69) is 25.6 Å². The van der Waals surface area contributed by atoms with Gasteiger partial charge in [-0.3, -0.25) is 14.5 Å². The van der Waals surface area contributed by atoms with Gasteiger partial charge in [-0.25, -0.2) is 0 Å². The Morgan fingerprint density at radius 3 is 2.47 bits per heavy atom. The van der Waals surface area contributed by atoms with Crippen molar-refractivity contribution in [2.75, 3.05) is 19.6 Å². The number of carbonyl (C=O) groups is 2. The molecule has 0 radical (unpaired) electrons. The molecule has 10 nitrogen and oxygen atoms in total. The third-order valence-electron chi connectivity index (χ3n) is 7.16. The van der Waals surface area contributed by atoms with E-state index in [1.165, 1.54) is 0 Å². The summed E-state index contributed by atoms with van der Waals surface area (Å²) in [6.45, 7) is 6.12. The molecule has 3 unspecified atom stereocenters. The third kappa shape index (κ3) is 5.70. The molecule has 32 heavy (non-hydrogen) atoms. The van der Waals surface area contributed by atoms with Crippen molar-refractivity contribution >= 4 is 36.8 Å². The van der Waals surface area contributed by atoms with E-state index in [4.69, 9.17) is 0 Å². The van der Waals surface area contributed by atoms with Crippen LogP contribution in [0.25, 0.3) is 0 Å². The average molecular weight is 493 g/mol. The number of hydrogen-bond acceptors (Lipinski definition) is 7. The van der Waals surface area contributed by atoms with E-state index in [0.29, 0.717) is 43.0 Å². The lowest BCUT2D eigenvalue weighted by Gasteiger charge is -2.42. The summed E-state index contributed by atoms with van der Waals surface area (Å²) >= 11 is 0. The minimum Gasteiger partial charge on any atom is -0.480 e. The molecule has 1 aromatic heterocycles. The maximum Gasteiger partial charge on any atom is 0.321 e. The number of piperidine rings is 1. The Bertz CT molecular complexity index is 794. The van der Waals surface area contributed by atoms with Crippen LogP contribution in [0.4, 0.5) is 0 Å². The SMILES string of the molecule is CC(C)c1nnn([C@H]2C[C@@H](C(=O)O)N(CC3CC[C@H]4CNC(C(=O)O)CC4C3)C2)n1.Cl.Cl. The molecular formula is C20H34Cl2N6O4. The molecule has 2 aliphatic heterocycles. The van der Waals surface area contributed by atoms with Gasteiger partial charge in [0.15, 0.2) is 5.82 Å². The Balaban J connectivity index is 0.00000181. The largest absolute Gasteiger partial charge is 0.480 e. The zero-order valence-electron chi connectivity index (χ0n) is 18.5. The van der Waals surface area contributed by atoms with Crippen LogP contribution in [0, 0.1) is 17.8 Å².